The van der Waals surface area contributed by atoms with Gasteiger partial charge in [0.2, 0.25) is 0 Å². The standard InChI is InChI=1S/C92H62N4O4/c97-69-49-41-65(42-50-69)81-85-73(57-25-9-1-10-26-57)74(58-27-11-2-12-28-58)86(93-85)82(66-43-51-70(98)52-44-66)88-77(61-33-17-5-18-34-61)78(62-35-19-6-20-36-62)90(95-88)84(68-47-55-72(100)56-48-68)92-80(64-39-23-8-24-40-64)79(63-37-21-7-22-38-63)91(96-92)83(67-45-53-71(99)54-46-67)89-76(60-31-15-4-16-32-60)75(87(81)94-89)59-29-13-3-14-30-59/h1-56,93,96-100H. The van der Waals surface area contributed by atoms with E-state index >= 15 is 0 Å². The maximum absolute atomic E-state index is 11.5. The molecular formula is C92H62N4O4. The van der Waals surface area contributed by atoms with Gasteiger partial charge in [0.05, 0.1) is 44.9 Å². The molecule has 8 nitrogen and oxygen atoms in total. The largest absolute Gasteiger partial charge is 0.508 e. The monoisotopic (exact) mass is 1290 g/mol. The molecule has 17 rings (SSSR count). The molecule has 0 fully saturated rings. The van der Waals surface area contributed by atoms with Crippen molar-refractivity contribution in [1.29, 1.82) is 0 Å². The molecule has 100 heavy (non-hydrogen) atoms. The van der Waals surface area contributed by atoms with Crippen LogP contribution in [0.1, 0.15) is 55.9 Å². The highest BCUT2D eigenvalue weighted by molar-refractivity contribution is 6.53. The summed E-state index contributed by atoms with van der Waals surface area (Å²) in [6.07, 6.45) is 0. The molecule has 474 valence electrons. The summed E-state index contributed by atoms with van der Waals surface area (Å²) >= 11 is 0. The van der Waals surface area contributed by atoms with Crippen molar-refractivity contribution in [2.24, 2.45) is 9.98 Å². The molecule has 0 saturated heterocycles. The second-order valence-electron chi connectivity index (χ2n) is 25.0. The zero-order valence-electron chi connectivity index (χ0n) is 54.0. The van der Waals surface area contributed by atoms with Crippen LogP contribution in [-0.4, -0.2) is 41.8 Å². The van der Waals surface area contributed by atoms with E-state index in [0.29, 0.717) is 22.8 Å². The van der Waals surface area contributed by atoms with Gasteiger partial charge in [-0.2, -0.15) is 0 Å². The van der Waals surface area contributed by atoms with Crippen molar-refractivity contribution in [3.63, 3.8) is 0 Å². The molecule has 3 aliphatic rings. The molecule has 8 heteroatoms. The van der Waals surface area contributed by atoms with Gasteiger partial charge in [-0.25, -0.2) is 9.98 Å². The fraction of sp³-hybridized carbons (Fsp3) is 0. The summed E-state index contributed by atoms with van der Waals surface area (Å²) in [7, 11) is 0. The van der Waals surface area contributed by atoms with Crippen molar-refractivity contribution in [1.82, 2.24) is 9.97 Å². The Balaban J connectivity index is 1.24. The number of hydrogen-bond acceptors (Lipinski definition) is 6. The maximum atomic E-state index is 11.5. The van der Waals surface area contributed by atoms with Crippen molar-refractivity contribution in [2.45, 2.75) is 0 Å². The first-order chi connectivity index (χ1) is 49.3. The summed E-state index contributed by atoms with van der Waals surface area (Å²) in [5.74, 6) is 0.399. The average molecular weight is 1290 g/mol. The van der Waals surface area contributed by atoms with Gasteiger partial charge in [-0.15, -0.1) is 0 Å². The number of nitrogens with zero attached hydrogens (tertiary/aromatic N) is 2. The maximum Gasteiger partial charge on any atom is 0.115 e. The molecule has 0 spiro atoms. The average Bonchev–Trinajstić information content (AvgIpc) is 1.55. The zero-order chi connectivity index (χ0) is 67.2. The van der Waals surface area contributed by atoms with Crippen molar-refractivity contribution in [3.8, 4) is 67.5 Å². The Labute approximate surface area is 578 Å². The van der Waals surface area contributed by atoms with Crippen LogP contribution in [0.5, 0.6) is 23.0 Å². The van der Waals surface area contributed by atoms with Gasteiger partial charge in [0.25, 0.3) is 0 Å². The topological polar surface area (TPSA) is 137 Å². The molecule has 6 N–H and O–H groups in total. The highest BCUT2D eigenvalue weighted by Gasteiger charge is 2.39. The third-order valence-electron chi connectivity index (χ3n) is 19.0. The normalized spacial score (nSPS) is 13.7. The number of aromatic nitrogens is 2. The molecule has 1 aliphatic carbocycles. The van der Waals surface area contributed by atoms with Gasteiger partial charge >= 0.3 is 0 Å². The summed E-state index contributed by atoms with van der Waals surface area (Å²) < 4.78 is 0. The lowest BCUT2D eigenvalue weighted by Crippen LogP contribution is -2.23. The number of aromatic hydroxyl groups is 4. The van der Waals surface area contributed by atoms with E-state index in [-0.39, 0.29) is 23.0 Å². The Morgan fingerprint density at radius 1 is 0.180 bits per heavy atom. The molecule has 0 atom stereocenters. The number of benzene rings is 12. The summed E-state index contributed by atoms with van der Waals surface area (Å²) in [4.78, 5) is 21.4. The minimum atomic E-state index is 0.0998. The predicted octanol–water partition coefficient (Wildman–Crippen LogP) is 19.6. The Morgan fingerprint density at radius 3 is 0.650 bits per heavy atom. The molecule has 0 amide bonds. The number of nitrogens with one attached hydrogen (secondary N) is 2. The number of fused-ring (bicyclic) bond motifs is 10. The number of hydrogen-bond donors (Lipinski definition) is 6. The third-order valence-corrected chi connectivity index (χ3v) is 19.0. The lowest BCUT2D eigenvalue weighted by molar-refractivity contribution is 0.474. The van der Waals surface area contributed by atoms with E-state index in [1.807, 2.05) is 97.1 Å². The Hall–Kier alpha value is -13.6. The molecule has 4 heterocycles. The van der Waals surface area contributed by atoms with E-state index in [4.69, 9.17) is 9.98 Å². The quantitative estimate of drug-likeness (QED) is 0.0726. The fourth-order valence-electron chi connectivity index (χ4n) is 14.6. The van der Waals surface area contributed by atoms with Crippen LogP contribution in [0.25, 0.3) is 89.1 Å². The molecule has 12 aromatic carbocycles. The summed E-state index contributed by atoms with van der Waals surface area (Å²) in [6.45, 7) is 0. The third kappa shape index (κ3) is 10.7. The second-order valence-corrected chi connectivity index (χ2v) is 25.0. The molecule has 8 bridgehead atoms. The van der Waals surface area contributed by atoms with Gasteiger partial charge in [-0.1, -0.05) is 291 Å². The molecule has 14 aromatic rings. The number of rotatable bonds is 12. The number of H-pyrrole nitrogens is 2. The van der Waals surface area contributed by atoms with E-state index in [1.54, 1.807) is 48.5 Å². The van der Waals surface area contributed by atoms with Gasteiger partial charge in [0, 0.05) is 66.8 Å². The first kappa shape index (κ1) is 60.1. The van der Waals surface area contributed by atoms with E-state index < -0.39 is 0 Å². The van der Waals surface area contributed by atoms with E-state index in [1.165, 1.54) is 0 Å². The molecular weight excluding hydrogens is 1230 g/mol. The first-order valence-electron chi connectivity index (χ1n) is 33.4. The highest BCUT2D eigenvalue weighted by atomic mass is 16.3. The molecule has 0 saturated carbocycles. The van der Waals surface area contributed by atoms with Crippen molar-refractivity contribution in [3.05, 3.63) is 418 Å². The molecule has 0 unspecified atom stereocenters. The summed E-state index contributed by atoms with van der Waals surface area (Å²) in [6, 6.07) is 114. The van der Waals surface area contributed by atoms with Crippen LogP contribution < -0.4 is 10.7 Å². The number of phenolic OH excluding ortho intramolecular Hbond substituents is 4. The Bertz CT molecular complexity index is 5440. The Kier molecular flexibility index (Phi) is 15.4. The van der Waals surface area contributed by atoms with Crippen molar-refractivity contribution in [2.75, 3.05) is 0 Å². The summed E-state index contributed by atoms with van der Waals surface area (Å²) in [5.41, 5.74) is 24.2. The van der Waals surface area contributed by atoms with Gasteiger partial charge in [-0.05, 0) is 115 Å². The van der Waals surface area contributed by atoms with Gasteiger partial charge in [0.15, 0.2) is 0 Å². The van der Waals surface area contributed by atoms with Crippen LogP contribution in [-0.2, 0) is 0 Å². The number of aliphatic imine (C=N–C) groups is 2. The van der Waals surface area contributed by atoms with E-state index in [0.717, 1.165) is 156 Å². The van der Waals surface area contributed by atoms with Crippen LogP contribution in [0.4, 0.5) is 0 Å². The van der Waals surface area contributed by atoms with Crippen LogP contribution in [0.15, 0.2) is 361 Å². The van der Waals surface area contributed by atoms with Gasteiger partial charge in [-0.3, -0.25) is 0 Å². The lowest BCUT2D eigenvalue weighted by Gasteiger charge is -2.17. The molecule has 2 aromatic heterocycles. The number of aromatic amines is 2. The van der Waals surface area contributed by atoms with Crippen LogP contribution >= 0.6 is 0 Å². The SMILES string of the molecule is Oc1ccc(C2=C3N=C(C(c4ccccc4)=C3c3ccccc3)C(c3ccc(O)cc3)=c3[nH]c(c(-c4ccccc4)c3-c3ccccc3)=C(c3ccc(O)cc3)C3=NC(=C(c4ccc(O)cc4)c4[nH]c2c(-c2ccccc2)c4-c2ccccc2)C(c2ccccc2)=C3c2ccccc2)cc1. The smallest absolute Gasteiger partial charge is 0.115 e. The van der Waals surface area contributed by atoms with Gasteiger partial charge in [0.1, 0.15) is 23.0 Å². The van der Waals surface area contributed by atoms with Crippen molar-refractivity contribution >= 4 is 56.0 Å². The van der Waals surface area contributed by atoms with Crippen LogP contribution in [0, 0.1) is 0 Å². The Morgan fingerprint density at radius 2 is 0.390 bits per heavy atom. The van der Waals surface area contributed by atoms with E-state index in [2.05, 4.69) is 204 Å². The lowest BCUT2D eigenvalue weighted by atomic mass is 9.83. The fourth-order valence-corrected chi connectivity index (χ4v) is 14.6. The predicted molar refractivity (Wildman–Crippen MR) is 406 cm³/mol. The molecule has 2 aliphatic heterocycles. The van der Waals surface area contributed by atoms with Gasteiger partial charge < -0.3 is 30.4 Å². The molecule has 0 radical (unpaired) electrons. The number of allylic oxidation sites excluding steroid dienone is 4. The van der Waals surface area contributed by atoms with Crippen LogP contribution in [0.2, 0.25) is 0 Å². The first-order valence-corrected chi connectivity index (χ1v) is 33.4. The highest BCUT2D eigenvalue weighted by Crippen LogP contribution is 2.54. The second kappa shape index (κ2) is 25.5. The van der Waals surface area contributed by atoms with Crippen molar-refractivity contribution < 1.29 is 20.4 Å². The number of phenols is 4. The summed E-state index contributed by atoms with van der Waals surface area (Å²) in [5, 5.41) is 47.3. The van der Waals surface area contributed by atoms with E-state index in [9.17, 15) is 20.4 Å². The minimum Gasteiger partial charge on any atom is -0.508 e. The minimum absolute atomic E-state index is 0.0998. The van der Waals surface area contributed by atoms with Crippen LogP contribution in [0.3, 0.4) is 0 Å². The zero-order valence-corrected chi connectivity index (χ0v) is 54.0.